The van der Waals surface area contributed by atoms with Gasteiger partial charge in [0.2, 0.25) is 0 Å². The number of carbonyl (C=O) groups excluding carboxylic acids is 1. The number of hydrogen-bond donors (Lipinski definition) is 0. The van der Waals surface area contributed by atoms with E-state index in [0.29, 0.717) is 40.0 Å². The molecule has 3 aromatic rings. The molecule has 1 aliphatic heterocycles. The predicted octanol–water partition coefficient (Wildman–Crippen LogP) is 3.48. The van der Waals surface area contributed by atoms with Crippen LogP contribution in [0.1, 0.15) is 58.5 Å². The zero-order valence-corrected chi connectivity index (χ0v) is 19.2. The maximum Gasteiger partial charge on any atom is 0.339 e. The number of hydrogen-bond acceptors (Lipinski definition) is 7. The minimum Gasteiger partial charge on any atom is -0.496 e. The molecule has 5 rings (SSSR count). The number of halogens is 1. The van der Waals surface area contributed by atoms with Crippen molar-refractivity contribution in [1.29, 1.82) is 0 Å². The molecule has 1 unspecified atom stereocenters. The molecule has 1 aromatic carbocycles. The lowest BCUT2D eigenvalue weighted by Gasteiger charge is -2.12. The van der Waals surface area contributed by atoms with Crippen molar-refractivity contribution < 1.29 is 27.1 Å². The van der Waals surface area contributed by atoms with Gasteiger partial charge in [-0.1, -0.05) is 0 Å². The highest BCUT2D eigenvalue weighted by atomic mass is 32.2. The number of rotatable bonds is 6. The molecule has 2 aliphatic rings. The van der Waals surface area contributed by atoms with Crippen molar-refractivity contribution in [2.45, 2.75) is 44.8 Å². The SMILES string of the molecule is COc1ccc(F)cc1COC(=O)c1cc(C2CC2)nc2c1c(C)nn2C1CCS(=O)(=O)C1. The summed E-state index contributed by atoms with van der Waals surface area (Å²) in [5, 5.41) is 5.13. The molecule has 0 spiro atoms. The molecule has 1 atom stereocenters. The lowest BCUT2D eigenvalue weighted by Crippen LogP contribution is -2.14. The minimum absolute atomic E-state index is 0.0116. The van der Waals surface area contributed by atoms with Gasteiger partial charge in [0.1, 0.15) is 18.2 Å². The average Bonchev–Trinajstić information content (AvgIpc) is 3.50. The Bertz CT molecular complexity index is 1360. The summed E-state index contributed by atoms with van der Waals surface area (Å²) in [4.78, 5) is 18.0. The van der Waals surface area contributed by atoms with Crippen LogP contribution in [0.2, 0.25) is 0 Å². The van der Waals surface area contributed by atoms with Crippen LogP contribution in [0.25, 0.3) is 11.0 Å². The van der Waals surface area contributed by atoms with E-state index < -0.39 is 21.6 Å². The summed E-state index contributed by atoms with van der Waals surface area (Å²) in [7, 11) is -1.65. The van der Waals surface area contributed by atoms with E-state index in [4.69, 9.17) is 14.5 Å². The molecule has 0 bridgehead atoms. The second kappa shape index (κ2) is 8.09. The van der Waals surface area contributed by atoms with Crippen molar-refractivity contribution in [1.82, 2.24) is 14.8 Å². The van der Waals surface area contributed by atoms with Gasteiger partial charge in [-0.2, -0.15) is 5.10 Å². The van der Waals surface area contributed by atoms with Gasteiger partial charge in [0.25, 0.3) is 0 Å². The number of aromatic nitrogens is 3. The van der Waals surface area contributed by atoms with E-state index in [1.807, 2.05) is 0 Å². The largest absolute Gasteiger partial charge is 0.496 e. The van der Waals surface area contributed by atoms with Gasteiger partial charge in [0.05, 0.1) is 41.3 Å². The van der Waals surface area contributed by atoms with Crippen LogP contribution in [-0.2, 0) is 21.2 Å². The quantitative estimate of drug-likeness (QED) is 0.505. The summed E-state index contributed by atoms with van der Waals surface area (Å²) < 4.78 is 50.2. The molecule has 1 saturated carbocycles. The highest BCUT2D eigenvalue weighted by Crippen LogP contribution is 2.41. The number of carbonyl (C=O) groups is 1. The van der Waals surface area contributed by atoms with Gasteiger partial charge < -0.3 is 9.47 Å². The zero-order valence-electron chi connectivity index (χ0n) is 18.4. The monoisotopic (exact) mass is 473 g/mol. The molecular formula is C23H24FN3O5S. The fourth-order valence-electron chi connectivity index (χ4n) is 4.39. The molecule has 174 valence electrons. The van der Waals surface area contributed by atoms with Gasteiger partial charge in [0.15, 0.2) is 15.5 Å². The predicted molar refractivity (Wildman–Crippen MR) is 119 cm³/mol. The van der Waals surface area contributed by atoms with E-state index >= 15 is 0 Å². The Morgan fingerprint density at radius 3 is 2.70 bits per heavy atom. The number of nitrogens with zero attached hydrogens (tertiary/aromatic N) is 3. The molecule has 0 radical (unpaired) electrons. The summed E-state index contributed by atoms with van der Waals surface area (Å²) in [6, 6.07) is 5.47. The van der Waals surface area contributed by atoms with E-state index in [1.165, 1.54) is 25.3 Å². The maximum atomic E-state index is 13.7. The van der Waals surface area contributed by atoms with Crippen LogP contribution in [-0.4, -0.2) is 47.8 Å². The first kappa shape index (κ1) is 21.8. The Labute approximate surface area is 190 Å². The molecule has 0 amide bonds. The number of benzene rings is 1. The third-order valence-corrected chi connectivity index (χ3v) is 7.98. The molecule has 33 heavy (non-hydrogen) atoms. The van der Waals surface area contributed by atoms with Crippen molar-refractivity contribution in [3.8, 4) is 5.75 Å². The fourth-order valence-corrected chi connectivity index (χ4v) is 6.08. The first-order chi connectivity index (χ1) is 15.8. The molecule has 3 heterocycles. The third-order valence-electron chi connectivity index (χ3n) is 6.23. The van der Waals surface area contributed by atoms with Crippen molar-refractivity contribution in [3.63, 3.8) is 0 Å². The van der Waals surface area contributed by atoms with Gasteiger partial charge in [-0.05, 0) is 50.5 Å². The number of fused-ring (bicyclic) bond motifs is 1. The Hall–Kier alpha value is -3.01. The first-order valence-corrected chi connectivity index (χ1v) is 12.7. The van der Waals surface area contributed by atoms with E-state index in [-0.39, 0.29) is 30.1 Å². The number of sulfone groups is 1. The first-order valence-electron chi connectivity index (χ1n) is 10.9. The lowest BCUT2D eigenvalue weighted by atomic mass is 10.1. The third kappa shape index (κ3) is 4.19. The van der Waals surface area contributed by atoms with E-state index in [1.54, 1.807) is 17.7 Å². The maximum absolute atomic E-state index is 13.7. The average molecular weight is 474 g/mol. The van der Waals surface area contributed by atoms with Crippen molar-refractivity contribution >= 4 is 26.8 Å². The van der Waals surface area contributed by atoms with Gasteiger partial charge in [0, 0.05) is 17.2 Å². The topological polar surface area (TPSA) is 100 Å². The smallest absolute Gasteiger partial charge is 0.339 e. The summed E-state index contributed by atoms with van der Waals surface area (Å²) in [5.41, 5.74) is 2.62. The number of methoxy groups -OCH3 is 1. The second-order valence-electron chi connectivity index (χ2n) is 8.69. The highest BCUT2D eigenvalue weighted by molar-refractivity contribution is 7.91. The van der Waals surface area contributed by atoms with Gasteiger partial charge in [-0.25, -0.2) is 27.3 Å². The van der Waals surface area contributed by atoms with Crippen LogP contribution in [0.5, 0.6) is 5.75 Å². The molecule has 1 aliphatic carbocycles. The Morgan fingerprint density at radius 1 is 1.24 bits per heavy atom. The van der Waals surface area contributed by atoms with E-state index in [2.05, 4.69) is 5.10 Å². The van der Waals surface area contributed by atoms with Crippen LogP contribution in [0, 0.1) is 12.7 Å². The molecule has 8 nitrogen and oxygen atoms in total. The fraction of sp³-hybridized carbons (Fsp3) is 0.435. The zero-order chi connectivity index (χ0) is 23.3. The number of esters is 1. The number of pyridine rings is 1. The normalized spacial score (nSPS) is 19.7. The Balaban J connectivity index is 1.52. The summed E-state index contributed by atoms with van der Waals surface area (Å²) in [5.74, 6) is -0.206. The van der Waals surface area contributed by atoms with Gasteiger partial charge in [-0.15, -0.1) is 0 Å². The van der Waals surface area contributed by atoms with Crippen LogP contribution < -0.4 is 4.74 Å². The molecule has 10 heteroatoms. The van der Waals surface area contributed by atoms with E-state index in [0.717, 1.165) is 18.5 Å². The summed E-state index contributed by atoms with van der Waals surface area (Å²) in [6.07, 6.45) is 2.43. The lowest BCUT2D eigenvalue weighted by molar-refractivity contribution is 0.0471. The Morgan fingerprint density at radius 2 is 2.03 bits per heavy atom. The second-order valence-corrected chi connectivity index (χ2v) is 10.9. The van der Waals surface area contributed by atoms with Gasteiger partial charge in [-0.3, -0.25) is 0 Å². The summed E-state index contributed by atoms with van der Waals surface area (Å²) >= 11 is 0. The minimum atomic E-state index is -3.12. The van der Waals surface area contributed by atoms with Crippen LogP contribution in [0.3, 0.4) is 0 Å². The van der Waals surface area contributed by atoms with Gasteiger partial charge >= 0.3 is 5.97 Å². The molecule has 1 saturated heterocycles. The molecule has 2 fully saturated rings. The Kier molecular flexibility index (Phi) is 5.35. The van der Waals surface area contributed by atoms with Crippen LogP contribution in [0.4, 0.5) is 4.39 Å². The van der Waals surface area contributed by atoms with E-state index in [9.17, 15) is 17.6 Å². The summed E-state index contributed by atoms with van der Waals surface area (Å²) in [6.45, 7) is 1.61. The molecule has 0 N–H and O–H groups in total. The van der Waals surface area contributed by atoms with Crippen LogP contribution in [0.15, 0.2) is 24.3 Å². The molecule has 2 aromatic heterocycles. The van der Waals surface area contributed by atoms with Crippen molar-refractivity contribution in [2.75, 3.05) is 18.6 Å². The standard InChI is InChI=1S/C23H24FN3O5S/c1-13-21-18(23(28)32-11-15-9-16(24)5-6-20(15)31-2)10-19(14-3-4-14)25-22(21)27(26-13)17-7-8-33(29,30)12-17/h5-6,9-10,14,17H,3-4,7-8,11-12H2,1-2H3. The molecular weight excluding hydrogens is 449 g/mol. The number of aryl methyl sites for hydroxylation is 1. The highest BCUT2D eigenvalue weighted by Gasteiger charge is 2.34. The van der Waals surface area contributed by atoms with Crippen molar-refractivity contribution in [3.05, 3.63) is 52.6 Å². The van der Waals surface area contributed by atoms with Crippen molar-refractivity contribution in [2.24, 2.45) is 0 Å². The van der Waals surface area contributed by atoms with Crippen LogP contribution >= 0.6 is 0 Å². The number of ether oxygens (including phenoxy) is 2.